The molecule has 1 aliphatic carbocycles. The molecule has 1 saturated heterocycles. The summed E-state index contributed by atoms with van der Waals surface area (Å²) in [5, 5.41) is 6.86. The Bertz CT molecular complexity index is 472. The molecule has 1 saturated carbocycles. The van der Waals surface area contributed by atoms with Gasteiger partial charge in [0.2, 0.25) is 5.91 Å². The second kappa shape index (κ2) is 14.4. The zero-order valence-corrected chi connectivity index (χ0v) is 20.2. The van der Waals surface area contributed by atoms with Gasteiger partial charge in [0.05, 0.1) is 6.61 Å². The maximum Gasteiger partial charge on any atom is 0.225 e. The standard InChI is InChI=1S/C20H39N5O2.HI/c1-4-21-20(22-11-7-12-24(2)14-15-27-3)23-18-10-13-25(16-18)19(26)17-8-5-6-9-17;/h17-18H,4-16H2,1-3H3,(H2,21,22,23);1H. The van der Waals surface area contributed by atoms with Gasteiger partial charge in [0.15, 0.2) is 5.96 Å². The summed E-state index contributed by atoms with van der Waals surface area (Å²) < 4.78 is 5.10. The second-order valence-electron chi connectivity index (χ2n) is 7.81. The number of aliphatic imine (C=N–C) groups is 1. The Kier molecular flexibility index (Phi) is 13.1. The molecule has 1 aliphatic heterocycles. The topological polar surface area (TPSA) is 69.2 Å². The van der Waals surface area contributed by atoms with Gasteiger partial charge >= 0.3 is 0 Å². The van der Waals surface area contributed by atoms with Gasteiger partial charge in [0.25, 0.3) is 0 Å². The summed E-state index contributed by atoms with van der Waals surface area (Å²) in [6.45, 7) is 8.13. The van der Waals surface area contributed by atoms with Crippen LogP contribution in [-0.2, 0) is 9.53 Å². The number of likely N-dealkylation sites (tertiary alicyclic amines) is 1. The lowest BCUT2D eigenvalue weighted by Gasteiger charge is -2.21. The van der Waals surface area contributed by atoms with Crippen molar-refractivity contribution in [1.82, 2.24) is 20.4 Å². The third-order valence-corrected chi connectivity index (χ3v) is 5.53. The number of halogens is 1. The molecule has 0 radical (unpaired) electrons. The molecule has 0 aromatic carbocycles. The highest BCUT2D eigenvalue weighted by Crippen LogP contribution is 2.27. The number of amides is 1. The Morgan fingerprint density at radius 3 is 2.68 bits per heavy atom. The summed E-state index contributed by atoms with van der Waals surface area (Å²) in [7, 11) is 3.85. The molecule has 1 unspecified atom stereocenters. The molecule has 0 bridgehead atoms. The Balaban J connectivity index is 0.00000392. The number of nitrogens with one attached hydrogen (secondary N) is 2. The van der Waals surface area contributed by atoms with Crippen molar-refractivity contribution in [2.24, 2.45) is 10.9 Å². The van der Waals surface area contributed by atoms with E-state index in [1.165, 1.54) is 12.8 Å². The number of ether oxygens (including phenoxy) is 1. The first-order chi connectivity index (χ1) is 13.1. The number of likely N-dealkylation sites (N-methyl/N-ethyl adjacent to an activating group) is 1. The van der Waals surface area contributed by atoms with E-state index < -0.39 is 0 Å². The molecule has 8 heteroatoms. The largest absolute Gasteiger partial charge is 0.383 e. The molecule has 2 N–H and O–H groups in total. The zero-order valence-electron chi connectivity index (χ0n) is 17.9. The summed E-state index contributed by atoms with van der Waals surface area (Å²) in [4.78, 5) is 21.6. The van der Waals surface area contributed by atoms with Gasteiger partial charge in [-0.3, -0.25) is 9.79 Å². The van der Waals surface area contributed by atoms with Crippen LogP contribution in [0.2, 0.25) is 0 Å². The molecule has 0 aromatic heterocycles. The van der Waals surface area contributed by atoms with Gasteiger partial charge in [0, 0.05) is 51.8 Å². The van der Waals surface area contributed by atoms with E-state index in [1.807, 2.05) is 0 Å². The maximum absolute atomic E-state index is 12.6. The number of carbonyl (C=O) groups excluding carboxylic acids is 1. The van der Waals surface area contributed by atoms with Crippen molar-refractivity contribution in [3.63, 3.8) is 0 Å². The maximum atomic E-state index is 12.6. The first-order valence-electron chi connectivity index (χ1n) is 10.6. The van der Waals surface area contributed by atoms with E-state index in [0.717, 1.165) is 77.5 Å². The predicted molar refractivity (Wildman–Crippen MR) is 125 cm³/mol. The average molecular weight is 509 g/mol. The van der Waals surface area contributed by atoms with Crippen LogP contribution < -0.4 is 10.6 Å². The normalized spacial score (nSPS) is 20.5. The van der Waals surface area contributed by atoms with Crippen molar-refractivity contribution in [1.29, 1.82) is 0 Å². The fourth-order valence-corrected chi connectivity index (χ4v) is 3.91. The predicted octanol–water partition coefficient (Wildman–Crippen LogP) is 1.92. The van der Waals surface area contributed by atoms with Crippen molar-refractivity contribution in [3.8, 4) is 0 Å². The fraction of sp³-hybridized carbons (Fsp3) is 0.900. The van der Waals surface area contributed by atoms with Crippen LogP contribution in [0.25, 0.3) is 0 Å². The molecule has 0 spiro atoms. The van der Waals surface area contributed by atoms with Crippen molar-refractivity contribution in [2.75, 3.05) is 60.0 Å². The third-order valence-electron chi connectivity index (χ3n) is 5.53. The van der Waals surface area contributed by atoms with Gasteiger partial charge in [-0.2, -0.15) is 0 Å². The molecule has 28 heavy (non-hydrogen) atoms. The molecule has 1 amide bonds. The first-order valence-corrected chi connectivity index (χ1v) is 10.6. The van der Waals surface area contributed by atoms with Crippen molar-refractivity contribution in [2.45, 2.75) is 51.5 Å². The van der Waals surface area contributed by atoms with Crippen LogP contribution in [0.5, 0.6) is 0 Å². The van der Waals surface area contributed by atoms with Gasteiger partial charge in [-0.25, -0.2) is 0 Å². The van der Waals surface area contributed by atoms with Gasteiger partial charge in [0.1, 0.15) is 0 Å². The highest BCUT2D eigenvalue weighted by atomic mass is 127. The van der Waals surface area contributed by atoms with E-state index in [4.69, 9.17) is 9.73 Å². The molecule has 1 heterocycles. The van der Waals surface area contributed by atoms with Crippen LogP contribution >= 0.6 is 24.0 Å². The molecule has 7 nitrogen and oxygen atoms in total. The second-order valence-corrected chi connectivity index (χ2v) is 7.81. The van der Waals surface area contributed by atoms with Gasteiger partial charge in [-0.1, -0.05) is 12.8 Å². The lowest BCUT2D eigenvalue weighted by atomic mass is 10.1. The van der Waals surface area contributed by atoms with Crippen LogP contribution in [-0.4, -0.2) is 87.7 Å². The SMILES string of the molecule is CCNC(=NCCCN(C)CCOC)NC1CCN(C(=O)C2CCCC2)C1.I. The summed E-state index contributed by atoms with van der Waals surface area (Å²) in [5.74, 6) is 1.52. The van der Waals surface area contributed by atoms with Crippen LogP contribution in [0.4, 0.5) is 0 Å². The first kappa shape index (κ1) is 25.4. The molecular weight excluding hydrogens is 469 g/mol. The molecule has 164 valence electrons. The monoisotopic (exact) mass is 509 g/mol. The Labute approximate surface area is 188 Å². The van der Waals surface area contributed by atoms with E-state index in [2.05, 4.69) is 34.4 Å². The third kappa shape index (κ3) is 8.82. The minimum atomic E-state index is 0. The Morgan fingerprint density at radius 1 is 1.25 bits per heavy atom. The van der Waals surface area contributed by atoms with Crippen molar-refractivity contribution in [3.05, 3.63) is 0 Å². The lowest BCUT2D eigenvalue weighted by molar-refractivity contribution is -0.134. The van der Waals surface area contributed by atoms with Crippen LogP contribution in [0.15, 0.2) is 4.99 Å². The molecule has 2 rings (SSSR count). The highest BCUT2D eigenvalue weighted by Gasteiger charge is 2.32. The number of methoxy groups -OCH3 is 1. The minimum Gasteiger partial charge on any atom is -0.383 e. The number of nitrogens with zero attached hydrogens (tertiary/aromatic N) is 3. The molecule has 2 fully saturated rings. The number of carbonyl (C=O) groups is 1. The number of guanidine groups is 1. The molecule has 1 atom stereocenters. The van der Waals surface area contributed by atoms with E-state index in [-0.39, 0.29) is 29.9 Å². The highest BCUT2D eigenvalue weighted by molar-refractivity contribution is 14.0. The average Bonchev–Trinajstić information content (AvgIpc) is 3.35. The van der Waals surface area contributed by atoms with Crippen molar-refractivity contribution >= 4 is 35.8 Å². The van der Waals surface area contributed by atoms with Gasteiger partial charge in [-0.15, -0.1) is 24.0 Å². The zero-order chi connectivity index (χ0) is 19.5. The van der Waals surface area contributed by atoms with Gasteiger partial charge < -0.3 is 25.2 Å². The molecule has 2 aliphatic rings. The smallest absolute Gasteiger partial charge is 0.225 e. The quantitative estimate of drug-likeness (QED) is 0.204. The van der Waals surface area contributed by atoms with Gasteiger partial charge in [-0.05, 0) is 46.2 Å². The number of hydrogen-bond acceptors (Lipinski definition) is 4. The van der Waals surface area contributed by atoms with E-state index >= 15 is 0 Å². The van der Waals surface area contributed by atoms with E-state index in [9.17, 15) is 4.79 Å². The molecular formula is C20H40IN5O2. The number of rotatable bonds is 10. The number of hydrogen-bond donors (Lipinski definition) is 2. The summed E-state index contributed by atoms with van der Waals surface area (Å²) in [5.41, 5.74) is 0. The minimum absolute atomic E-state index is 0. The lowest BCUT2D eigenvalue weighted by Crippen LogP contribution is -2.45. The Morgan fingerprint density at radius 2 is 2.00 bits per heavy atom. The van der Waals surface area contributed by atoms with Crippen LogP contribution in [0, 0.1) is 5.92 Å². The van der Waals surface area contributed by atoms with Crippen molar-refractivity contribution < 1.29 is 9.53 Å². The van der Waals surface area contributed by atoms with E-state index in [1.54, 1.807) is 7.11 Å². The summed E-state index contributed by atoms with van der Waals surface area (Å²) >= 11 is 0. The fourth-order valence-electron chi connectivity index (χ4n) is 3.91. The Hall–Kier alpha value is -0.610. The van der Waals surface area contributed by atoms with E-state index in [0.29, 0.717) is 11.9 Å². The van der Waals surface area contributed by atoms with Crippen LogP contribution in [0.3, 0.4) is 0 Å². The van der Waals surface area contributed by atoms with Crippen LogP contribution in [0.1, 0.15) is 45.4 Å². The summed E-state index contributed by atoms with van der Waals surface area (Å²) in [6, 6.07) is 0.303. The summed E-state index contributed by atoms with van der Waals surface area (Å²) in [6.07, 6.45) is 6.61. The molecule has 0 aromatic rings.